The zero-order valence-corrected chi connectivity index (χ0v) is 12.5. The van der Waals surface area contributed by atoms with Gasteiger partial charge in [-0.2, -0.15) is 0 Å². The van der Waals surface area contributed by atoms with E-state index in [-0.39, 0.29) is 17.9 Å². The van der Waals surface area contributed by atoms with Crippen molar-refractivity contribution in [1.82, 2.24) is 9.55 Å². The first-order valence-corrected chi connectivity index (χ1v) is 7.11. The average molecular weight is 292 g/mol. The maximum atomic E-state index is 12.5. The summed E-state index contributed by atoms with van der Waals surface area (Å²) in [5.74, 6) is -0.0830. The zero-order chi connectivity index (χ0) is 15.7. The summed E-state index contributed by atoms with van der Waals surface area (Å²) in [5, 5.41) is 0.527. The van der Waals surface area contributed by atoms with Crippen molar-refractivity contribution < 1.29 is 4.79 Å². The number of ketones is 1. The molecule has 1 aromatic heterocycles. The number of para-hydroxylation sites is 1. The molecule has 0 unspecified atom stereocenters. The van der Waals surface area contributed by atoms with Crippen LogP contribution in [0.3, 0.4) is 0 Å². The molecular weight excluding hydrogens is 276 g/mol. The summed E-state index contributed by atoms with van der Waals surface area (Å²) in [6, 6.07) is 12.9. The molecule has 0 saturated carbocycles. The Hall–Kier alpha value is -2.75. The van der Waals surface area contributed by atoms with E-state index in [9.17, 15) is 9.59 Å². The number of nitrogens with zero attached hydrogens (tertiary/aromatic N) is 2. The Kier molecular flexibility index (Phi) is 3.59. The van der Waals surface area contributed by atoms with Crippen LogP contribution in [0.15, 0.2) is 53.6 Å². The van der Waals surface area contributed by atoms with Crippen LogP contribution in [-0.2, 0) is 6.54 Å². The van der Waals surface area contributed by atoms with Crippen LogP contribution in [0.1, 0.15) is 21.5 Å². The number of aromatic nitrogens is 2. The second-order valence-electron chi connectivity index (χ2n) is 5.44. The molecule has 1 heterocycles. The van der Waals surface area contributed by atoms with Crippen molar-refractivity contribution in [1.29, 1.82) is 0 Å². The van der Waals surface area contributed by atoms with Crippen LogP contribution in [0.2, 0.25) is 0 Å². The number of benzene rings is 2. The Bertz CT molecular complexity index is 926. The minimum Gasteiger partial charge on any atom is -0.292 e. The van der Waals surface area contributed by atoms with Gasteiger partial charge in [0, 0.05) is 5.56 Å². The van der Waals surface area contributed by atoms with Crippen LogP contribution < -0.4 is 5.56 Å². The highest BCUT2D eigenvalue weighted by molar-refractivity contribution is 5.97. The number of fused-ring (bicyclic) bond motifs is 1. The first-order chi connectivity index (χ1) is 10.6. The van der Waals surface area contributed by atoms with Crippen LogP contribution in [0.4, 0.5) is 0 Å². The molecule has 0 atom stereocenters. The van der Waals surface area contributed by atoms with Crippen molar-refractivity contribution >= 4 is 16.7 Å². The van der Waals surface area contributed by atoms with E-state index in [0.29, 0.717) is 16.5 Å². The van der Waals surface area contributed by atoms with E-state index in [1.807, 2.05) is 38.1 Å². The van der Waals surface area contributed by atoms with Gasteiger partial charge in [0.15, 0.2) is 5.78 Å². The Morgan fingerprint density at radius 3 is 2.73 bits per heavy atom. The molecule has 0 aliphatic carbocycles. The number of rotatable bonds is 3. The number of carbonyl (C=O) groups is 1. The SMILES string of the molecule is Cc1ccc(C)c(C(=O)Cn2cnc3ccccc3c2=O)c1. The molecule has 0 amide bonds. The third-order valence-corrected chi connectivity index (χ3v) is 3.74. The zero-order valence-electron chi connectivity index (χ0n) is 12.5. The molecular formula is C18H16N2O2. The summed E-state index contributed by atoms with van der Waals surface area (Å²) in [6.45, 7) is 3.84. The normalized spacial score (nSPS) is 10.8. The molecule has 110 valence electrons. The third-order valence-electron chi connectivity index (χ3n) is 3.74. The van der Waals surface area contributed by atoms with Crippen molar-refractivity contribution in [2.75, 3.05) is 0 Å². The molecule has 22 heavy (non-hydrogen) atoms. The molecule has 0 N–H and O–H groups in total. The highest BCUT2D eigenvalue weighted by atomic mass is 16.1. The topological polar surface area (TPSA) is 52.0 Å². The van der Waals surface area contributed by atoms with E-state index in [4.69, 9.17) is 0 Å². The minimum absolute atomic E-state index is 0.000953. The highest BCUT2D eigenvalue weighted by Gasteiger charge is 2.12. The van der Waals surface area contributed by atoms with Gasteiger partial charge in [0.1, 0.15) is 0 Å². The minimum atomic E-state index is -0.191. The van der Waals surface area contributed by atoms with E-state index in [0.717, 1.165) is 11.1 Å². The lowest BCUT2D eigenvalue weighted by Gasteiger charge is -2.08. The molecule has 0 aliphatic heterocycles. The number of Topliss-reactive ketones (excluding diaryl/α,β-unsaturated/α-hetero) is 1. The van der Waals surface area contributed by atoms with Gasteiger partial charge in [0.25, 0.3) is 5.56 Å². The first-order valence-electron chi connectivity index (χ1n) is 7.11. The Morgan fingerprint density at radius 1 is 1.14 bits per heavy atom. The molecule has 3 rings (SSSR count). The van der Waals surface area contributed by atoms with Gasteiger partial charge < -0.3 is 0 Å². The largest absolute Gasteiger partial charge is 0.292 e. The summed E-state index contributed by atoms with van der Waals surface area (Å²) in [5.41, 5.74) is 3.04. The Morgan fingerprint density at radius 2 is 1.91 bits per heavy atom. The van der Waals surface area contributed by atoms with Gasteiger partial charge in [-0.05, 0) is 37.6 Å². The monoisotopic (exact) mass is 292 g/mol. The molecule has 3 aromatic rings. The molecule has 0 saturated heterocycles. The summed E-state index contributed by atoms with van der Waals surface area (Å²) in [6.07, 6.45) is 1.44. The summed E-state index contributed by atoms with van der Waals surface area (Å²) >= 11 is 0. The quantitative estimate of drug-likeness (QED) is 0.697. The predicted octanol–water partition coefficient (Wildman–Crippen LogP) is 2.90. The van der Waals surface area contributed by atoms with Gasteiger partial charge in [-0.3, -0.25) is 14.2 Å². The van der Waals surface area contributed by atoms with Gasteiger partial charge in [-0.1, -0.05) is 29.8 Å². The van der Waals surface area contributed by atoms with Crippen molar-refractivity contribution in [3.05, 3.63) is 75.8 Å². The maximum absolute atomic E-state index is 12.5. The van der Waals surface area contributed by atoms with Gasteiger partial charge >= 0.3 is 0 Å². The summed E-state index contributed by atoms with van der Waals surface area (Å²) in [4.78, 5) is 29.1. The molecule has 0 spiro atoms. The molecule has 0 aliphatic rings. The lowest BCUT2D eigenvalue weighted by atomic mass is 10.0. The second kappa shape index (κ2) is 5.56. The molecule has 4 nitrogen and oxygen atoms in total. The van der Waals surface area contributed by atoms with Crippen molar-refractivity contribution in [2.45, 2.75) is 20.4 Å². The van der Waals surface area contributed by atoms with Crippen molar-refractivity contribution in [3.63, 3.8) is 0 Å². The van der Waals surface area contributed by atoms with Crippen LogP contribution >= 0.6 is 0 Å². The standard InChI is InChI=1S/C18H16N2O2/c1-12-7-8-13(2)15(9-12)17(21)10-20-11-19-16-6-4-3-5-14(16)18(20)22/h3-9,11H,10H2,1-2H3. The predicted molar refractivity (Wildman–Crippen MR) is 86.2 cm³/mol. The lowest BCUT2D eigenvalue weighted by Crippen LogP contribution is -2.25. The van der Waals surface area contributed by atoms with Gasteiger partial charge in [-0.15, -0.1) is 0 Å². The van der Waals surface area contributed by atoms with Gasteiger partial charge in [0.05, 0.1) is 23.8 Å². The summed E-state index contributed by atoms with van der Waals surface area (Å²) < 4.78 is 1.37. The third kappa shape index (κ3) is 2.55. The van der Waals surface area contributed by atoms with Crippen molar-refractivity contribution in [3.8, 4) is 0 Å². The smallest absolute Gasteiger partial charge is 0.261 e. The van der Waals surface area contributed by atoms with Crippen LogP contribution in [0.5, 0.6) is 0 Å². The van der Waals surface area contributed by atoms with Gasteiger partial charge in [-0.25, -0.2) is 4.98 Å². The van der Waals surface area contributed by atoms with Crippen LogP contribution in [0.25, 0.3) is 10.9 Å². The number of carbonyl (C=O) groups excluding carboxylic acids is 1. The van der Waals surface area contributed by atoms with E-state index in [1.165, 1.54) is 10.9 Å². The molecule has 0 radical (unpaired) electrons. The number of aryl methyl sites for hydroxylation is 2. The van der Waals surface area contributed by atoms with E-state index in [1.54, 1.807) is 18.2 Å². The Balaban J connectivity index is 1.99. The molecule has 0 bridgehead atoms. The molecule has 4 heteroatoms. The fourth-order valence-electron chi connectivity index (χ4n) is 2.49. The van der Waals surface area contributed by atoms with Crippen LogP contribution in [-0.4, -0.2) is 15.3 Å². The van der Waals surface area contributed by atoms with Crippen LogP contribution in [0, 0.1) is 13.8 Å². The molecule has 0 fully saturated rings. The number of hydrogen-bond acceptors (Lipinski definition) is 3. The van der Waals surface area contributed by atoms with E-state index >= 15 is 0 Å². The average Bonchev–Trinajstić information content (AvgIpc) is 2.52. The van der Waals surface area contributed by atoms with Gasteiger partial charge in [0.2, 0.25) is 0 Å². The number of hydrogen-bond donors (Lipinski definition) is 0. The fraction of sp³-hybridized carbons (Fsp3) is 0.167. The molecule has 2 aromatic carbocycles. The summed E-state index contributed by atoms with van der Waals surface area (Å²) in [7, 11) is 0. The second-order valence-corrected chi connectivity index (χ2v) is 5.44. The maximum Gasteiger partial charge on any atom is 0.261 e. The first kappa shape index (κ1) is 14.2. The Labute approximate surface area is 128 Å². The highest BCUT2D eigenvalue weighted by Crippen LogP contribution is 2.12. The van der Waals surface area contributed by atoms with E-state index < -0.39 is 0 Å². The lowest BCUT2D eigenvalue weighted by molar-refractivity contribution is 0.0970. The fourth-order valence-corrected chi connectivity index (χ4v) is 2.49. The van der Waals surface area contributed by atoms with Crippen molar-refractivity contribution in [2.24, 2.45) is 0 Å². The van der Waals surface area contributed by atoms with E-state index in [2.05, 4.69) is 4.98 Å².